The molecule has 0 aromatic heterocycles. The second-order valence-corrected chi connectivity index (χ2v) is 7.35. The van der Waals surface area contributed by atoms with E-state index in [4.69, 9.17) is 14.2 Å². The predicted molar refractivity (Wildman–Crippen MR) is 85.8 cm³/mol. The van der Waals surface area contributed by atoms with Crippen molar-refractivity contribution in [1.29, 1.82) is 0 Å². The third kappa shape index (κ3) is 6.50. The maximum atomic E-state index is 12.2. The van der Waals surface area contributed by atoms with Crippen LogP contribution in [0.4, 0.5) is 4.79 Å². The number of carbonyl (C=O) groups excluding carboxylic acids is 1. The van der Waals surface area contributed by atoms with Crippen molar-refractivity contribution in [1.82, 2.24) is 10.2 Å². The van der Waals surface area contributed by atoms with Crippen molar-refractivity contribution in [2.45, 2.75) is 52.4 Å². The Balaban J connectivity index is 2.48. The van der Waals surface area contributed by atoms with Crippen LogP contribution in [-0.2, 0) is 14.2 Å². The maximum absolute atomic E-state index is 12.2. The van der Waals surface area contributed by atoms with Crippen molar-refractivity contribution in [3.8, 4) is 0 Å². The lowest BCUT2D eigenvalue weighted by atomic mass is 9.82. The molecule has 0 aromatic rings. The van der Waals surface area contributed by atoms with Gasteiger partial charge >= 0.3 is 6.09 Å². The molecule has 0 saturated carbocycles. The molecule has 1 aliphatic heterocycles. The van der Waals surface area contributed by atoms with Gasteiger partial charge in [0.15, 0.2) is 6.29 Å². The van der Waals surface area contributed by atoms with E-state index in [2.05, 4.69) is 12.2 Å². The van der Waals surface area contributed by atoms with E-state index in [1.165, 1.54) is 0 Å². The maximum Gasteiger partial charge on any atom is 0.410 e. The molecule has 1 saturated heterocycles. The van der Waals surface area contributed by atoms with E-state index in [9.17, 15) is 4.79 Å². The minimum atomic E-state index is -0.451. The Morgan fingerprint density at radius 1 is 1.32 bits per heavy atom. The Bertz CT molecular complexity index is 353. The lowest BCUT2D eigenvalue weighted by Crippen LogP contribution is -2.50. The van der Waals surface area contributed by atoms with Crippen LogP contribution in [0.3, 0.4) is 0 Å². The van der Waals surface area contributed by atoms with E-state index in [1.807, 2.05) is 25.7 Å². The van der Waals surface area contributed by atoms with E-state index in [0.717, 1.165) is 25.9 Å². The van der Waals surface area contributed by atoms with Crippen LogP contribution in [0, 0.1) is 5.41 Å². The van der Waals surface area contributed by atoms with Gasteiger partial charge in [-0.05, 0) is 39.0 Å². The van der Waals surface area contributed by atoms with Crippen molar-refractivity contribution < 1.29 is 19.0 Å². The summed E-state index contributed by atoms with van der Waals surface area (Å²) in [6, 6.07) is 0. The number of piperidine rings is 1. The van der Waals surface area contributed by atoms with Gasteiger partial charge in [0.25, 0.3) is 0 Å². The van der Waals surface area contributed by atoms with Gasteiger partial charge in [-0.15, -0.1) is 0 Å². The van der Waals surface area contributed by atoms with Crippen LogP contribution in [0.15, 0.2) is 0 Å². The summed E-state index contributed by atoms with van der Waals surface area (Å²) in [5, 5.41) is 3.38. The van der Waals surface area contributed by atoms with Crippen LogP contribution in [0.2, 0.25) is 0 Å². The smallest absolute Gasteiger partial charge is 0.410 e. The molecule has 1 aliphatic rings. The molecule has 1 atom stereocenters. The van der Waals surface area contributed by atoms with E-state index < -0.39 is 5.60 Å². The molecule has 6 heteroatoms. The fourth-order valence-electron chi connectivity index (χ4n) is 2.70. The molecule has 0 aromatic carbocycles. The molecule has 0 radical (unpaired) electrons. The summed E-state index contributed by atoms with van der Waals surface area (Å²) in [5.74, 6) is 0. The summed E-state index contributed by atoms with van der Waals surface area (Å²) in [7, 11) is 3.25. The molecular formula is C16H32N2O4. The molecule has 0 bridgehead atoms. The number of ether oxygens (including phenoxy) is 3. The minimum absolute atomic E-state index is 0.0428. The number of carbonyl (C=O) groups is 1. The summed E-state index contributed by atoms with van der Waals surface area (Å²) in [6.07, 6.45) is 1.62. The van der Waals surface area contributed by atoms with Gasteiger partial charge < -0.3 is 24.4 Å². The molecule has 1 N–H and O–H groups in total. The number of rotatable bonds is 6. The zero-order chi connectivity index (χ0) is 16.8. The highest BCUT2D eigenvalue weighted by Gasteiger charge is 2.34. The van der Waals surface area contributed by atoms with Gasteiger partial charge in [0.1, 0.15) is 5.60 Å². The molecule has 1 heterocycles. The summed E-state index contributed by atoms with van der Waals surface area (Å²) in [6.45, 7) is 10.8. The highest BCUT2D eigenvalue weighted by Crippen LogP contribution is 2.29. The van der Waals surface area contributed by atoms with E-state index in [-0.39, 0.29) is 17.8 Å². The highest BCUT2D eigenvalue weighted by molar-refractivity contribution is 5.68. The second-order valence-electron chi connectivity index (χ2n) is 7.35. The standard InChI is InChI=1S/C16H32N2O4/c1-15(2,3)22-14(19)18-9-7-8-16(4,12-18)11-17-10-13(20-5)21-6/h13,17H,7-12H2,1-6H3. The van der Waals surface area contributed by atoms with Gasteiger partial charge in [-0.25, -0.2) is 4.79 Å². The summed E-state index contributed by atoms with van der Waals surface area (Å²) in [5.41, 5.74) is -0.408. The molecule has 1 rings (SSSR count). The number of hydrogen-bond donors (Lipinski definition) is 1. The van der Waals surface area contributed by atoms with E-state index in [1.54, 1.807) is 14.2 Å². The van der Waals surface area contributed by atoms with E-state index in [0.29, 0.717) is 13.1 Å². The van der Waals surface area contributed by atoms with Crippen molar-refractivity contribution in [2.24, 2.45) is 5.41 Å². The normalized spacial score (nSPS) is 23.0. The lowest BCUT2D eigenvalue weighted by molar-refractivity contribution is -0.0998. The van der Waals surface area contributed by atoms with Crippen LogP contribution < -0.4 is 5.32 Å². The molecule has 0 aliphatic carbocycles. The van der Waals surface area contributed by atoms with Crippen molar-refractivity contribution in [2.75, 3.05) is 40.4 Å². The average Bonchev–Trinajstić information content (AvgIpc) is 2.42. The molecule has 6 nitrogen and oxygen atoms in total. The van der Waals surface area contributed by atoms with Crippen molar-refractivity contribution in [3.05, 3.63) is 0 Å². The highest BCUT2D eigenvalue weighted by atomic mass is 16.7. The zero-order valence-electron chi connectivity index (χ0n) is 14.9. The fourth-order valence-corrected chi connectivity index (χ4v) is 2.70. The van der Waals surface area contributed by atoms with Crippen LogP contribution in [0.25, 0.3) is 0 Å². The summed E-state index contributed by atoms with van der Waals surface area (Å²) in [4.78, 5) is 14.0. The zero-order valence-corrected chi connectivity index (χ0v) is 14.9. The molecule has 130 valence electrons. The van der Waals surface area contributed by atoms with Gasteiger partial charge in [0.05, 0.1) is 0 Å². The van der Waals surface area contributed by atoms with Crippen LogP contribution >= 0.6 is 0 Å². The fraction of sp³-hybridized carbons (Fsp3) is 0.938. The van der Waals surface area contributed by atoms with Gasteiger partial charge in [0, 0.05) is 40.4 Å². The Morgan fingerprint density at radius 3 is 2.50 bits per heavy atom. The van der Waals surface area contributed by atoms with Crippen LogP contribution in [-0.4, -0.2) is 63.3 Å². The third-order valence-electron chi connectivity index (χ3n) is 3.82. The molecule has 22 heavy (non-hydrogen) atoms. The van der Waals surface area contributed by atoms with Crippen LogP contribution in [0.5, 0.6) is 0 Å². The molecular weight excluding hydrogens is 284 g/mol. The molecule has 1 fully saturated rings. The summed E-state index contributed by atoms with van der Waals surface area (Å²) >= 11 is 0. The number of hydrogen-bond acceptors (Lipinski definition) is 5. The largest absolute Gasteiger partial charge is 0.444 e. The Kier molecular flexibility index (Phi) is 7.09. The van der Waals surface area contributed by atoms with Gasteiger partial charge in [-0.1, -0.05) is 6.92 Å². The third-order valence-corrected chi connectivity index (χ3v) is 3.82. The van der Waals surface area contributed by atoms with Crippen molar-refractivity contribution in [3.63, 3.8) is 0 Å². The first-order valence-corrected chi connectivity index (χ1v) is 7.93. The van der Waals surface area contributed by atoms with Crippen LogP contribution in [0.1, 0.15) is 40.5 Å². The number of amides is 1. The topological polar surface area (TPSA) is 60.0 Å². The Labute approximate surface area is 134 Å². The predicted octanol–water partition coefficient (Wildman–Crippen LogP) is 2.23. The van der Waals surface area contributed by atoms with Gasteiger partial charge in [-0.3, -0.25) is 0 Å². The SMILES string of the molecule is COC(CNCC1(C)CCCN(C(=O)OC(C)(C)C)C1)OC. The Hall–Kier alpha value is -0.850. The second kappa shape index (κ2) is 8.13. The summed E-state index contributed by atoms with van der Waals surface area (Å²) < 4.78 is 15.8. The van der Waals surface area contributed by atoms with Crippen molar-refractivity contribution >= 4 is 6.09 Å². The van der Waals surface area contributed by atoms with E-state index >= 15 is 0 Å². The number of nitrogens with one attached hydrogen (secondary N) is 1. The average molecular weight is 316 g/mol. The first-order valence-electron chi connectivity index (χ1n) is 7.93. The molecule has 1 amide bonds. The first-order chi connectivity index (χ1) is 10.2. The monoisotopic (exact) mass is 316 g/mol. The quantitative estimate of drug-likeness (QED) is 0.762. The first kappa shape index (κ1) is 19.2. The number of nitrogens with zero attached hydrogens (tertiary/aromatic N) is 1. The lowest BCUT2D eigenvalue weighted by Gasteiger charge is -2.41. The van der Waals surface area contributed by atoms with Gasteiger partial charge in [0.2, 0.25) is 0 Å². The number of likely N-dealkylation sites (tertiary alicyclic amines) is 1. The minimum Gasteiger partial charge on any atom is -0.444 e. The molecule has 0 spiro atoms. The molecule has 1 unspecified atom stereocenters. The van der Waals surface area contributed by atoms with Gasteiger partial charge in [-0.2, -0.15) is 0 Å². The Morgan fingerprint density at radius 2 is 1.95 bits per heavy atom. The number of methoxy groups -OCH3 is 2.